The molecule has 0 bridgehead atoms. The molecule has 0 aliphatic carbocycles. The number of anilines is 3. The molecule has 10 heteroatoms. The van der Waals surface area contributed by atoms with Gasteiger partial charge in [-0.05, 0) is 36.4 Å². The third kappa shape index (κ3) is 5.01. The average molecular weight is 434 g/mol. The summed E-state index contributed by atoms with van der Waals surface area (Å²) in [5.74, 6) is 0. The third-order valence-corrected chi connectivity index (χ3v) is 4.65. The van der Waals surface area contributed by atoms with Gasteiger partial charge in [-0.3, -0.25) is 0 Å². The van der Waals surface area contributed by atoms with Gasteiger partial charge in [0, 0.05) is 18.1 Å². The monoisotopic (exact) mass is 433 g/mol. The molecule has 0 saturated carbocycles. The van der Waals surface area contributed by atoms with Crippen molar-refractivity contribution in [2.45, 2.75) is 6.18 Å². The van der Waals surface area contributed by atoms with E-state index in [1.807, 2.05) is 4.90 Å². The highest BCUT2D eigenvalue weighted by Crippen LogP contribution is 2.36. The maximum Gasteiger partial charge on any atom is 0.416 e. The standard InChI is InChI=1S/C18H16Cl2F3N3O2/c19-12-2-3-14(13(20)10-12)24-17(27)25-15-9-11(18(21,22)23)1-4-16(15)26-5-7-28-8-6-26/h1-4,9-10H,5-8H2,(H2,24,25,27). The Hall–Kier alpha value is -2.16. The summed E-state index contributed by atoms with van der Waals surface area (Å²) in [6, 6.07) is 7.00. The molecule has 0 aromatic heterocycles. The van der Waals surface area contributed by atoms with Crippen molar-refractivity contribution >= 4 is 46.3 Å². The van der Waals surface area contributed by atoms with E-state index < -0.39 is 17.8 Å². The van der Waals surface area contributed by atoms with E-state index in [2.05, 4.69) is 10.6 Å². The Morgan fingerprint density at radius 1 is 1.00 bits per heavy atom. The lowest BCUT2D eigenvalue weighted by Crippen LogP contribution is -2.37. The van der Waals surface area contributed by atoms with Crippen molar-refractivity contribution in [3.63, 3.8) is 0 Å². The second-order valence-electron chi connectivity index (χ2n) is 6.03. The van der Waals surface area contributed by atoms with Crippen LogP contribution in [-0.2, 0) is 10.9 Å². The number of urea groups is 1. The van der Waals surface area contributed by atoms with E-state index in [4.69, 9.17) is 27.9 Å². The molecule has 1 saturated heterocycles. The van der Waals surface area contributed by atoms with Gasteiger partial charge in [-0.1, -0.05) is 23.2 Å². The van der Waals surface area contributed by atoms with E-state index in [1.165, 1.54) is 24.3 Å². The quantitative estimate of drug-likeness (QED) is 0.672. The molecule has 2 aromatic carbocycles. The fraction of sp³-hybridized carbons (Fsp3) is 0.278. The maximum absolute atomic E-state index is 13.1. The first-order valence-corrected chi connectivity index (χ1v) is 9.06. The number of ether oxygens (including phenoxy) is 1. The van der Waals surface area contributed by atoms with Crippen molar-refractivity contribution in [1.82, 2.24) is 0 Å². The van der Waals surface area contributed by atoms with Gasteiger partial charge < -0.3 is 20.3 Å². The largest absolute Gasteiger partial charge is 0.416 e. The van der Waals surface area contributed by atoms with Crippen LogP contribution in [0.2, 0.25) is 10.0 Å². The molecule has 3 rings (SSSR count). The normalized spacial score (nSPS) is 14.7. The summed E-state index contributed by atoms with van der Waals surface area (Å²) in [5, 5.41) is 5.60. The number of alkyl halides is 3. The van der Waals surface area contributed by atoms with Crippen LogP contribution in [0.3, 0.4) is 0 Å². The van der Waals surface area contributed by atoms with Crippen LogP contribution in [0.25, 0.3) is 0 Å². The zero-order valence-electron chi connectivity index (χ0n) is 14.4. The van der Waals surface area contributed by atoms with Gasteiger partial charge in [0.2, 0.25) is 0 Å². The van der Waals surface area contributed by atoms with Crippen LogP contribution < -0.4 is 15.5 Å². The number of rotatable bonds is 3. The fourth-order valence-electron chi connectivity index (χ4n) is 2.76. The fourth-order valence-corrected chi connectivity index (χ4v) is 3.21. The van der Waals surface area contributed by atoms with Crippen LogP contribution in [0.15, 0.2) is 36.4 Å². The first-order valence-electron chi connectivity index (χ1n) is 8.31. The number of amides is 2. The van der Waals surface area contributed by atoms with Gasteiger partial charge in [0.15, 0.2) is 0 Å². The molecule has 150 valence electrons. The number of carbonyl (C=O) groups excluding carboxylic acids is 1. The molecule has 1 fully saturated rings. The van der Waals surface area contributed by atoms with Crippen molar-refractivity contribution in [2.24, 2.45) is 0 Å². The molecule has 2 aromatic rings. The average Bonchev–Trinajstić information content (AvgIpc) is 2.64. The number of nitrogens with one attached hydrogen (secondary N) is 2. The van der Waals surface area contributed by atoms with Crippen LogP contribution in [-0.4, -0.2) is 32.3 Å². The third-order valence-electron chi connectivity index (χ3n) is 4.10. The highest BCUT2D eigenvalue weighted by atomic mass is 35.5. The number of hydrogen-bond donors (Lipinski definition) is 2. The Balaban J connectivity index is 1.85. The molecule has 2 N–H and O–H groups in total. The van der Waals surface area contributed by atoms with E-state index in [-0.39, 0.29) is 16.4 Å². The first-order chi connectivity index (χ1) is 13.2. The lowest BCUT2D eigenvalue weighted by Gasteiger charge is -2.31. The maximum atomic E-state index is 13.1. The SMILES string of the molecule is O=C(Nc1ccc(Cl)cc1Cl)Nc1cc(C(F)(F)F)ccc1N1CCOCC1. The molecule has 0 atom stereocenters. The van der Waals surface area contributed by atoms with Gasteiger partial charge in [0.1, 0.15) is 0 Å². The summed E-state index contributed by atoms with van der Waals surface area (Å²) < 4.78 is 44.7. The van der Waals surface area contributed by atoms with Crippen LogP contribution >= 0.6 is 23.2 Å². The summed E-state index contributed by atoms with van der Waals surface area (Å²) in [5.41, 5.74) is -0.0548. The van der Waals surface area contributed by atoms with E-state index in [0.717, 1.165) is 12.1 Å². The number of hydrogen-bond acceptors (Lipinski definition) is 3. The second kappa shape index (κ2) is 8.46. The van der Waals surface area contributed by atoms with Gasteiger partial charge >= 0.3 is 12.2 Å². The molecule has 0 radical (unpaired) electrons. The molecular weight excluding hydrogens is 418 g/mol. The molecule has 0 unspecified atom stereocenters. The van der Waals surface area contributed by atoms with Crippen molar-refractivity contribution in [1.29, 1.82) is 0 Å². The summed E-state index contributed by atoms with van der Waals surface area (Å²) in [7, 11) is 0. The molecule has 1 heterocycles. The summed E-state index contributed by atoms with van der Waals surface area (Å²) in [6.07, 6.45) is -4.53. The highest BCUT2D eigenvalue weighted by Gasteiger charge is 2.32. The number of morpholine rings is 1. The molecule has 1 aliphatic heterocycles. The highest BCUT2D eigenvalue weighted by molar-refractivity contribution is 6.36. The minimum atomic E-state index is -4.53. The van der Waals surface area contributed by atoms with Crippen LogP contribution in [0.1, 0.15) is 5.56 Å². The zero-order chi connectivity index (χ0) is 20.3. The van der Waals surface area contributed by atoms with Crippen LogP contribution in [0.5, 0.6) is 0 Å². The zero-order valence-corrected chi connectivity index (χ0v) is 16.0. The lowest BCUT2D eigenvalue weighted by atomic mass is 10.1. The number of halogens is 5. The number of nitrogens with zero attached hydrogens (tertiary/aromatic N) is 1. The van der Waals surface area contributed by atoms with Gasteiger partial charge in [-0.25, -0.2) is 4.79 Å². The molecule has 5 nitrogen and oxygen atoms in total. The second-order valence-corrected chi connectivity index (χ2v) is 6.88. The summed E-state index contributed by atoms with van der Waals surface area (Å²) >= 11 is 11.8. The van der Waals surface area contributed by atoms with Crippen LogP contribution in [0.4, 0.5) is 35.0 Å². The predicted molar refractivity (Wildman–Crippen MR) is 104 cm³/mol. The Morgan fingerprint density at radius 2 is 1.68 bits per heavy atom. The first kappa shape index (κ1) is 20.6. The van der Waals surface area contributed by atoms with Crippen molar-refractivity contribution in [3.05, 3.63) is 52.0 Å². The van der Waals surface area contributed by atoms with E-state index in [1.54, 1.807) is 0 Å². The van der Waals surface area contributed by atoms with E-state index in [9.17, 15) is 18.0 Å². The Bertz CT molecular complexity index is 872. The molecule has 28 heavy (non-hydrogen) atoms. The van der Waals surface area contributed by atoms with Crippen molar-refractivity contribution in [2.75, 3.05) is 41.8 Å². The van der Waals surface area contributed by atoms with Crippen LogP contribution in [0, 0.1) is 0 Å². The Morgan fingerprint density at radius 3 is 2.32 bits per heavy atom. The molecular formula is C18H16Cl2F3N3O2. The van der Waals surface area contributed by atoms with Crippen molar-refractivity contribution in [3.8, 4) is 0 Å². The topological polar surface area (TPSA) is 53.6 Å². The van der Waals surface area contributed by atoms with Gasteiger partial charge in [-0.2, -0.15) is 13.2 Å². The van der Waals surface area contributed by atoms with Gasteiger partial charge in [0.05, 0.1) is 40.9 Å². The molecule has 2 amide bonds. The summed E-state index contributed by atoms with van der Waals surface area (Å²) in [6.45, 7) is 1.91. The van der Waals surface area contributed by atoms with Gasteiger partial charge in [-0.15, -0.1) is 0 Å². The van der Waals surface area contributed by atoms with Gasteiger partial charge in [0.25, 0.3) is 0 Å². The summed E-state index contributed by atoms with van der Waals surface area (Å²) in [4.78, 5) is 14.2. The number of benzene rings is 2. The Kier molecular flexibility index (Phi) is 6.22. The predicted octanol–water partition coefficient (Wildman–Crippen LogP) is 5.49. The van der Waals surface area contributed by atoms with E-state index in [0.29, 0.717) is 37.0 Å². The lowest BCUT2D eigenvalue weighted by molar-refractivity contribution is -0.137. The number of carbonyl (C=O) groups is 1. The molecule has 1 aliphatic rings. The van der Waals surface area contributed by atoms with E-state index >= 15 is 0 Å². The van der Waals surface area contributed by atoms with Crippen molar-refractivity contribution < 1.29 is 22.7 Å². The minimum absolute atomic E-state index is 0.0410. The Labute approximate surface area is 169 Å². The smallest absolute Gasteiger partial charge is 0.378 e. The molecule has 0 spiro atoms. The minimum Gasteiger partial charge on any atom is -0.378 e.